The van der Waals surface area contributed by atoms with Gasteiger partial charge in [0.25, 0.3) is 0 Å². The molecule has 2 aromatic rings. The topological polar surface area (TPSA) is 58.5 Å². The molecule has 2 saturated heterocycles. The first-order valence-electron chi connectivity index (χ1n) is 7.89. The standard InChI is InChI=1S/C16H22N4O/c17-12-4-5-14-15(9-12)21-16(18-14)11-19-7-8-20-6-2-1-3-13(20)10-19/h4-5,9,13H,1-3,6-8,10-11,17H2. The fourth-order valence-electron chi connectivity index (χ4n) is 3.61. The van der Waals surface area contributed by atoms with E-state index in [2.05, 4.69) is 14.8 Å². The van der Waals surface area contributed by atoms with Crippen LogP contribution in [0.15, 0.2) is 22.6 Å². The van der Waals surface area contributed by atoms with Crippen LogP contribution in [0.1, 0.15) is 25.2 Å². The lowest BCUT2D eigenvalue weighted by Gasteiger charge is -2.43. The second kappa shape index (κ2) is 5.31. The molecule has 1 unspecified atom stereocenters. The zero-order chi connectivity index (χ0) is 14.2. The molecule has 0 spiro atoms. The van der Waals surface area contributed by atoms with Gasteiger partial charge in [0.05, 0.1) is 6.54 Å². The predicted octanol–water partition coefficient (Wildman–Crippen LogP) is 2.08. The highest BCUT2D eigenvalue weighted by Crippen LogP contribution is 2.23. The van der Waals surface area contributed by atoms with Crippen LogP contribution in [-0.2, 0) is 6.54 Å². The number of anilines is 1. The molecule has 21 heavy (non-hydrogen) atoms. The Balaban J connectivity index is 1.47. The predicted molar refractivity (Wildman–Crippen MR) is 82.9 cm³/mol. The highest BCUT2D eigenvalue weighted by atomic mass is 16.3. The number of rotatable bonds is 2. The fraction of sp³-hybridized carbons (Fsp3) is 0.562. The molecule has 0 aliphatic carbocycles. The molecule has 4 rings (SSSR count). The van der Waals surface area contributed by atoms with Crippen molar-refractivity contribution in [2.24, 2.45) is 0 Å². The Morgan fingerprint density at radius 3 is 3.14 bits per heavy atom. The summed E-state index contributed by atoms with van der Waals surface area (Å²) < 4.78 is 5.84. The molecule has 1 aromatic carbocycles. The molecular weight excluding hydrogens is 264 g/mol. The van der Waals surface area contributed by atoms with Gasteiger partial charge in [-0.2, -0.15) is 0 Å². The average molecular weight is 286 g/mol. The van der Waals surface area contributed by atoms with Gasteiger partial charge in [0.1, 0.15) is 5.52 Å². The summed E-state index contributed by atoms with van der Waals surface area (Å²) in [5.41, 5.74) is 8.20. The molecule has 5 nitrogen and oxygen atoms in total. The minimum absolute atomic E-state index is 0.723. The SMILES string of the molecule is Nc1ccc2nc(CN3CCN4CCCCC4C3)oc2c1. The number of nitrogen functional groups attached to an aromatic ring is 1. The zero-order valence-corrected chi connectivity index (χ0v) is 12.3. The quantitative estimate of drug-likeness (QED) is 0.857. The summed E-state index contributed by atoms with van der Waals surface area (Å²) in [5.74, 6) is 0.805. The largest absolute Gasteiger partial charge is 0.439 e. The van der Waals surface area contributed by atoms with E-state index in [1.807, 2.05) is 18.2 Å². The van der Waals surface area contributed by atoms with E-state index in [-0.39, 0.29) is 0 Å². The molecule has 0 amide bonds. The molecule has 0 bridgehead atoms. The molecule has 2 aliphatic rings. The molecule has 1 aromatic heterocycles. The Morgan fingerprint density at radius 1 is 1.24 bits per heavy atom. The Kier molecular flexibility index (Phi) is 3.31. The highest BCUT2D eigenvalue weighted by Gasteiger charge is 2.29. The lowest BCUT2D eigenvalue weighted by atomic mass is 9.99. The number of hydrogen-bond acceptors (Lipinski definition) is 5. The average Bonchev–Trinajstić information content (AvgIpc) is 2.88. The Bertz CT molecular complexity index is 638. The summed E-state index contributed by atoms with van der Waals surface area (Å²) in [4.78, 5) is 9.69. The molecule has 2 N–H and O–H groups in total. The summed E-state index contributed by atoms with van der Waals surface area (Å²) >= 11 is 0. The van der Waals surface area contributed by atoms with Gasteiger partial charge in [0.15, 0.2) is 5.58 Å². The van der Waals surface area contributed by atoms with E-state index in [1.165, 1.54) is 32.4 Å². The van der Waals surface area contributed by atoms with Crippen LogP contribution in [0.2, 0.25) is 0 Å². The molecule has 0 saturated carbocycles. The van der Waals surface area contributed by atoms with Crippen LogP contribution < -0.4 is 5.73 Å². The van der Waals surface area contributed by atoms with E-state index in [9.17, 15) is 0 Å². The van der Waals surface area contributed by atoms with Crippen LogP contribution in [0.25, 0.3) is 11.1 Å². The van der Waals surface area contributed by atoms with Gasteiger partial charge in [0.2, 0.25) is 5.89 Å². The molecule has 3 heterocycles. The van der Waals surface area contributed by atoms with Crippen molar-refractivity contribution in [1.82, 2.24) is 14.8 Å². The molecule has 0 radical (unpaired) electrons. The normalized spacial score (nSPS) is 24.3. The number of aromatic nitrogens is 1. The third-order valence-electron chi connectivity index (χ3n) is 4.74. The van der Waals surface area contributed by atoms with Gasteiger partial charge in [-0.1, -0.05) is 6.42 Å². The summed E-state index contributed by atoms with van der Waals surface area (Å²) in [6.45, 7) is 5.51. The summed E-state index contributed by atoms with van der Waals surface area (Å²) in [6, 6.07) is 6.38. The number of oxazole rings is 1. The Hall–Kier alpha value is -1.59. The Labute approximate surface area is 124 Å². The van der Waals surface area contributed by atoms with Crippen molar-refractivity contribution in [3.63, 3.8) is 0 Å². The van der Waals surface area contributed by atoms with Crippen molar-refractivity contribution in [2.75, 3.05) is 31.9 Å². The van der Waals surface area contributed by atoms with E-state index in [0.29, 0.717) is 0 Å². The number of nitrogens with zero attached hydrogens (tertiary/aromatic N) is 3. The van der Waals surface area contributed by atoms with Gasteiger partial charge in [-0.15, -0.1) is 0 Å². The zero-order valence-electron chi connectivity index (χ0n) is 12.3. The van der Waals surface area contributed by atoms with Gasteiger partial charge in [-0.25, -0.2) is 4.98 Å². The number of nitrogens with two attached hydrogens (primary N) is 1. The first kappa shape index (κ1) is 13.1. The second-order valence-electron chi connectivity index (χ2n) is 6.26. The van der Waals surface area contributed by atoms with Gasteiger partial charge >= 0.3 is 0 Å². The number of piperazine rings is 1. The van der Waals surface area contributed by atoms with Crippen LogP contribution in [0.4, 0.5) is 5.69 Å². The van der Waals surface area contributed by atoms with Crippen LogP contribution in [-0.4, -0.2) is 47.0 Å². The van der Waals surface area contributed by atoms with Gasteiger partial charge in [-0.05, 0) is 31.5 Å². The molecule has 2 fully saturated rings. The first-order chi connectivity index (χ1) is 10.3. The van der Waals surface area contributed by atoms with Crippen LogP contribution in [0, 0.1) is 0 Å². The highest BCUT2D eigenvalue weighted by molar-refractivity contribution is 5.76. The number of piperidine rings is 1. The van der Waals surface area contributed by atoms with Gasteiger partial charge in [-0.3, -0.25) is 9.80 Å². The number of hydrogen-bond donors (Lipinski definition) is 1. The van der Waals surface area contributed by atoms with Crippen molar-refractivity contribution in [3.05, 3.63) is 24.1 Å². The van der Waals surface area contributed by atoms with Crippen LogP contribution >= 0.6 is 0 Å². The Morgan fingerprint density at radius 2 is 2.19 bits per heavy atom. The van der Waals surface area contributed by atoms with Crippen molar-refractivity contribution >= 4 is 16.8 Å². The molecule has 5 heteroatoms. The van der Waals surface area contributed by atoms with Crippen molar-refractivity contribution < 1.29 is 4.42 Å². The maximum absolute atomic E-state index is 5.84. The van der Waals surface area contributed by atoms with Crippen LogP contribution in [0.3, 0.4) is 0 Å². The third kappa shape index (κ3) is 2.63. The molecule has 2 aliphatic heterocycles. The number of fused-ring (bicyclic) bond motifs is 2. The fourth-order valence-corrected chi connectivity index (χ4v) is 3.61. The molecule has 112 valence electrons. The lowest BCUT2D eigenvalue weighted by Crippen LogP contribution is -2.54. The molecule has 1 atom stereocenters. The maximum atomic E-state index is 5.84. The van der Waals surface area contributed by atoms with E-state index in [1.54, 1.807) is 0 Å². The second-order valence-corrected chi connectivity index (χ2v) is 6.26. The summed E-state index contributed by atoms with van der Waals surface area (Å²) in [6.07, 6.45) is 4.07. The first-order valence-corrected chi connectivity index (χ1v) is 7.89. The summed E-state index contributed by atoms with van der Waals surface area (Å²) in [5, 5.41) is 0. The van der Waals surface area contributed by atoms with E-state index >= 15 is 0 Å². The van der Waals surface area contributed by atoms with Crippen molar-refractivity contribution in [1.29, 1.82) is 0 Å². The third-order valence-corrected chi connectivity index (χ3v) is 4.74. The van der Waals surface area contributed by atoms with E-state index < -0.39 is 0 Å². The van der Waals surface area contributed by atoms with E-state index in [0.717, 1.165) is 48.4 Å². The monoisotopic (exact) mass is 286 g/mol. The van der Waals surface area contributed by atoms with Crippen molar-refractivity contribution in [3.8, 4) is 0 Å². The van der Waals surface area contributed by atoms with E-state index in [4.69, 9.17) is 10.2 Å². The minimum atomic E-state index is 0.723. The minimum Gasteiger partial charge on any atom is -0.439 e. The number of benzene rings is 1. The van der Waals surface area contributed by atoms with Crippen LogP contribution in [0.5, 0.6) is 0 Å². The van der Waals surface area contributed by atoms with Crippen molar-refractivity contribution in [2.45, 2.75) is 31.8 Å². The maximum Gasteiger partial charge on any atom is 0.209 e. The lowest BCUT2D eigenvalue weighted by molar-refractivity contribution is 0.0420. The summed E-state index contributed by atoms with van der Waals surface area (Å²) in [7, 11) is 0. The smallest absolute Gasteiger partial charge is 0.209 e. The molecular formula is C16H22N4O. The van der Waals surface area contributed by atoms with Gasteiger partial charge in [0, 0.05) is 37.4 Å². The van der Waals surface area contributed by atoms with Gasteiger partial charge < -0.3 is 10.2 Å².